The number of hydrogen-bond donors (Lipinski definition) is 1. The third-order valence-corrected chi connectivity index (χ3v) is 6.39. The number of ether oxygens (including phenoxy) is 2. The number of aromatic amines is 1. The maximum Gasteiger partial charge on any atom is 0.325 e. The van der Waals surface area contributed by atoms with E-state index >= 15 is 0 Å². The summed E-state index contributed by atoms with van der Waals surface area (Å²) in [5.41, 5.74) is 1.31. The highest BCUT2D eigenvalue weighted by Gasteiger charge is 2.46. The summed E-state index contributed by atoms with van der Waals surface area (Å²) in [6.07, 6.45) is -0.0905. The molecule has 36 heavy (non-hydrogen) atoms. The molecule has 1 amide bonds. The van der Waals surface area contributed by atoms with E-state index in [2.05, 4.69) is 4.98 Å². The Hall–Kier alpha value is -3.99. The molecule has 1 aliphatic heterocycles. The predicted molar refractivity (Wildman–Crippen MR) is 132 cm³/mol. The van der Waals surface area contributed by atoms with Crippen LogP contribution in [0.25, 0.3) is 11.3 Å². The van der Waals surface area contributed by atoms with E-state index in [1.54, 1.807) is 30.3 Å². The van der Waals surface area contributed by atoms with Crippen molar-refractivity contribution in [2.45, 2.75) is 45.4 Å². The molecule has 0 aliphatic carbocycles. The van der Waals surface area contributed by atoms with E-state index in [1.165, 1.54) is 54.2 Å². The van der Waals surface area contributed by atoms with Crippen LogP contribution in [0.2, 0.25) is 0 Å². The van der Waals surface area contributed by atoms with Crippen molar-refractivity contribution in [2.75, 3.05) is 10.7 Å². The largest absolute Gasteiger partial charge is 0.427 e. The molecule has 0 radical (unpaired) electrons. The first-order valence-corrected chi connectivity index (χ1v) is 12.3. The van der Waals surface area contributed by atoms with Crippen LogP contribution >= 0.6 is 11.8 Å². The molecule has 10 nitrogen and oxygen atoms in total. The van der Waals surface area contributed by atoms with Gasteiger partial charge < -0.3 is 9.47 Å². The van der Waals surface area contributed by atoms with Crippen molar-refractivity contribution in [3.63, 3.8) is 0 Å². The number of para-hydroxylation sites is 1. The Labute approximate surface area is 211 Å². The third-order valence-electron chi connectivity index (χ3n) is 5.32. The van der Waals surface area contributed by atoms with Gasteiger partial charge in [0.25, 0.3) is 6.17 Å². The molecule has 2 aromatic carbocycles. The number of benzene rings is 2. The zero-order valence-corrected chi connectivity index (χ0v) is 21.0. The van der Waals surface area contributed by atoms with Gasteiger partial charge in [0, 0.05) is 37.7 Å². The van der Waals surface area contributed by atoms with E-state index in [1.807, 2.05) is 6.92 Å². The van der Waals surface area contributed by atoms with E-state index in [0.717, 1.165) is 12.2 Å². The number of nitrogens with one attached hydrogen (secondary N) is 1. The molecule has 4 rings (SSSR count). The molecule has 3 aromatic rings. The summed E-state index contributed by atoms with van der Waals surface area (Å²) in [4.78, 5) is 54.2. The first kappa shape index (κ1) is 25.1. The van der Waals surface area contributed by atoms with Crippen LogP contribution in [0.4, 0.5) is 5.69 Å². The summed E-state index contributed by atoms with van der Waals surface area (Å²) in [6.45, 7) is 5.93. The summed E-state index contributed by atoms with van der Waals surface area (Å²) in [7, 11) is 0. The molecule has 0 bridgehead atoms. The lowest BCUT2D eigenvalue weighted by Gasteiger charge is -2.31. The lowest BCUT2D eigenvalue weighted by Crippen LogP contribution is -2.60. The van der Waals surface area contributed by atoms with Gasteiger partial charge in [-0.25, -0.2) is 4.90 Å². The lowest BCUT2D eigenvalue weighted by molar-refractivity contribution is -0.763. The number of amides is 1. The van der Waals surface area contributed by atoms with Crippen LogP contribution in [-0.2, 0) is 14.4 Å². The molecule has 0 unspecified atom stereocenters. The molecule has 0 spiro atoms. The van der Waals surface area contributed by atoms with Crippen LogP contribution < -0.4 is 24.6 Å². The van der Waals surface area contributed by atoms with Gasteiger partial charge in [0.2, 0.25) is 11.1 Å². The molecule has 1 aromatic heterocycles. The maximum atomic E-state index is 13.3. The first-order valence-electron chi connectivity index (χ1n) is 11.3. The Kier molecular flexibility index (Phi) is 7.20. The number of carbonyl (C=O) groups is 3. The summed E-state index contributed by atoms with van der Waals surface area (Å²) < 4.78 is 12.1. The van der Waals surface area contributed by atoms with Gasteiger partial charge in [0.15, 0.2) is 0 Å². The number of aromatic nitrogens is 3. The number of hydrogen-bond acceptors (Lipinski definition) is 8. The van der Waals surface area contributed by atoms with Crippen LogP contribution in [0.15, 0.2) is 52.4 Å². The minimum Gasteiger partial charge on any atom is -0.427 e. The van der Waals surface area contributed by atoms with E-state index in [-0.39, 0.29) is 28.7 Å². The van der Waals surface area contributed by atoms with Gasteiger partial charge in [0.1, 0.15) is 11.5 Å². The van der Waals surface area contributed by atoms with Gasteiger partial charge in [-0.2, -0.15) is 0 Å². The lowest BCUT2D eigenvalue weighted by atomic mass is 10.0. The smallest absolute Gasteiger partial charge is 0.325 e. The summed E-state index contributed by atoms with van der Waals surface area (Å²) in [5, 5.41) is 5.09. The SMILES string of the molecule is CCCSc1n[n+]2c(c(=O)[nH]1)-c1ccccc1N(C(C)=O)[C@H]2c1ccc(OC(C)=O)cc1OC(C)=O. The summed E-state index contributed by atoms with van der Waals surface area (Å²) >= 11 is 1.39. The second kappa shape index (κ2) is 10.3. The number of carbonyl (C=O) groups excluding carboxylic acids is 3. The van der Waals surface area contributed by atoms with Gasteiger partial charge in [0.05, 0.1) is 16.8 Å². The fourth-order valence-electron chi connectivity index (χ4n) is 4.06. The Bertz CT molecular complexity index is 1420. The van der Waals surface area contributed by atoms with Crippen LogP contribution in [-0.4, -0.2) is 33.7 Å². The standard InChI is InChI=1S/C25H24N4O6S/c1-5-12-36-25-26-23(33)22-18-8-6-7-9-20(18)28(14(2)30)24(29(22)27-25)19-11-10-17(34-15(3)31)13-21(19)35-16(4)32/h6-11,13,24H,5,12H2,1-4H3/p+1/t24-/m1/s1. The highest BCUT2D eigenvalue weighted by molar-refractivity contribution is 7.99. The normalized spacial score (nSPS) is 14.0. The molecule has 0 fully saturated rings. The van der Waals surface area contributed by atoms with Crippen LogP contribution in [0, 0.1) is 0 Å². The molecule has 11 heteroatoms. The zero-order chi connectivity index (χ0) is 26.0. The van der Waals surface area contributed by atoms with E-state index in [4.69, 9.17) is 14.6 Å². The molecular weight excluding hydrogens is 484 g/mol. The molecule has 0 saturated carbocycles. The first-order chi connectivity index (χ1) is 17.2. The Morgan fingerprint density at radius 1 is 1.08 bits per heavy atom. The Morgan fingerprint density at radius 3 is 2.47 bits per heavy atom. The zero-order valence-electron chi connectivity index (χ0n) is 20.2. The Morgan fingerprint density at radius 2 is 1.81 bits per heavy atom. The van der Waals surface area contributed by atoms with Crippen molar-refractivity contribution < 1.29 is 28.5 Å². The molecule has 1 N–H and O–H groups in total. The monoisotopic (exact) mass is 509 g/mol. The van der Waals surface area contributed by atoms with Crippen LogP contribution in [0.1, 0.15) is 45.8 Å². The van der Waals surface area contributed by atoms with Crippen molar-refractivity contribution in [1.29, 1.82) is 0 Å². The maximum absolute atomic E-state index is 13.3. The summed E-state index contributed by atoms with van der Waals surface area (Å²) in [6, 6.07) is 11.6. The van der Waals surface area contributed by atoms with Crippen molar-refractivity contribution >= 4 is 35.3 Å². The number of H-pyrrole nitrogens is 1. The number of nitrogens with zero attached hydrogens (tertiary/aromatic N) is 3. The molecular formula is C25H25N4O6S+. The Balaban J connectivity index is 2.02. The molecule has 186 valence electrons. The molecule has 1 atom stereocenters. The quantitative estimate of drug-likeness (QED) is 0.233. The number of fused-ring (bicyclic) bond motifs is 3. The van der Waals surface area contributed by atoms with E-state index in [9.17, 15) is 19.2 Å². The minimum absolute atomic E-state index is 0.0696. The van der Waals surface area contributed by atoms with Gasteiger partial charge in [-0.15, -0.1) is 0 Å². The molecule has 0 saturated heterocycles. The number of thioether (sulfide) groups is 1. The average Bonchev–Trinajstić information content (AvgIpc) is 2.81. The van der Waals surface area contributed by atoms with Crippen molar-refractivity contribution in [3.8, 4) is 22.8 Å². The minimum atomic E-state index is -0.962. The van der Waals surface area contributed by atoms with Crippen molar-refractivity contribution in [2.24, 2.45) is 0 Å². The fraction of sp³-hybridized carbons (Fsp3) is 0.280. The van der Waals surface area contributed by atoms with E-state index < -0.39 is 18.1 Å². The van der Waals surface area contributed by atoms with Crippen molar-refractivity contribution in [3.05, 3.63) is 58.4 Å². The third kappa shape index (κ3) is 4.87. The average molecular weight is 510 g/mol. The topological polar surface area (TPSA) is 123 Å². The molecule has 1 aliphatic rings. The van der Waals surface area contributed by atoms with Gasteiger partial charge >= 0.3 is 23.2 Å². The van der Waals surface area contributed by atoms with Gasteiger partial charge in [-0.05, 0) is 35.4 Å². The van der Waals surface area contributed by atoms with Gasteiger partial charge in [-0.3, -0.25) is 24.2 Å². The van der Waals surface area contributed by atoms with Crippen molar-refractivity contribution in [1.82, 2.24) is 10.1 Å². The highest BCUT2D eigenvalue weighted by atomic mass is 32.2. The fourth-order valence-corrected chi connectivity index (χ4v) is 4.77. The van der Waals surface area contributed by atoms with Gasteiger partial charge in [-0.1, -0.05) is 30.8 Å². The predicted octanol–water partition coefficient (Wildman–Crippen LogP) is 2.99. The second-order valence-corrected chi connectivity index (χ2v) is 9.15. The number of esters is 2. The second-order valence-electron chi connectivity index (χ2n) is 8.07. The number of rotatable bonds is 6. The number of anilines is 1. The molecule has 2 heterocycles. The van der Waals surface area contributed by atoms with Crippen LogP contribution in [0.5, 0.6) is 11.5 Å². The van der Waals surface area contributed by atoms with Crippen LogP contribution in [0.3, 0.4) is 0 Å². The summed E-state index contributed by atoms with van der Waals surface area (Å²) in [5.74, 6) is -0.496. The highest BCUT2D eigenvalue weighted by Crippen LogP contribution is 2.40. The van der Waals surface area contributed by atoms with E-state index in [0.29, 0.717) is 22.0 Å².